The molecule has 0 radical (unpaired) electrons. The molecule has 3 nitrogen and oxygen atoms in total. The molecule has 0 spiro atoms. The van der Waals surface area contributed by atoms with Crippen LogP contribution in [-0.4, -0.2) is 14.6 Å². The summed E-state index contributed by atoms with van der Waals surface area (Å²) >= 11 is 9.55. The molecule has 0 saturated carbocycles. The fraction of sp³-hybridized carbons (Fsp3) is 0. The molecule has 84 valence electrons. The number of rotatable bonds is 1. The number of aromatic nitrogens is 3. The van der Waals surface area contributed by atoms with Crippen molar-refractivity contribution in [3.05, 3.63) is 52.4 Å². The van der Waals surface area contributed by atoms with Crippen LogP contribution in [0.5, 0.6) is 0 Å². The van der Waals surface area contributed by atoms with Gasteiger partial charge in [-0.05, 0) is 27.6 Å². The van der Waals surface area contributed by atoms with Gasteiger partial charge in [-0.15, -0.1) is 0 Å². The Kier molecular flexibility index (Phi) is 2.61. The first kappa shape index (κ1) is 10.7. The molecule has 0 aliphatic carbocycles. The Bertz CT molecular complexity index is 679. The minimum atomic E-state index is 0.461. The summed E-state index contributed by atoms with van der Waals surface area (Å²) in [6, 6.07) is 11.8. The van der Waals surface area contributed by atoms with Crippen LogP contribution in [-0.2, 0) is 0 Å². The maximum Gasteiger partial charge on any atom is 0.158 e. The summed E-state index contributed by atoms with van der Waals surface area (Å²) in [6.45, 7) is 0. The molecule has 17 heavy (non-hydrogen) atoms. The highest BCUT2D eigenvalue weighted by atomic mass is 79.9. The molecule has 2 heterocycles. The van der Waals surface area contributed by atoms with Gasteiger partial charge < -0.3 is 0 Å². The minimum Gasteiger partial charge on any atom is -0.234 e. The number of nitrogens with zero attached hydrogens (tertiary/aromatic N) is 3. The quantitative estimate of drug-likeness (QED) is 0.684. The second-order valence-electron chi connectivity index (χ2n) is 3.57. The van der Waals surface area contributed by atoms with Gasteiger partial charge in [0.1, 0.15) is 4.60 Å². The Morgan fingerprint density at radius 3 is 2.71 bits per heavy atom. The molecule has 0 fully saturated rings. The maximum absolute atomic E-state index is 6.19. The highest BCUT2D eigenvalue weighted by Gasteiger charge is 2.09. The van der Waals surface area contributed by atoms with E-state index >= 15 is 0 Å². The first-order chi connectivity index (χ1) is 8.25. The van der Waals surface area contributed by atoms with Crippen molar-refractivity contribution in [3.63, 3.8) is 0 Å². The highest BCUT2D eigenvalue weighted by molar-refractivity contribution is 9.10. The van der Waals surface area contributed by atoms with Crippen LogP contribution in [0.4, 0.5) is 0 Å². The lowest BCUT2D eigenvalue weighted by atomic mass is 10.1. The Morgan fingerprint density at radius 1 is 1.18 bits per heavy atom. The Balaban J connectivity index is 2.27. The van der Waals surface area contributed by atoms with Crippen molar-refractivity contribution in [2.75, 3.05) is 0 Å². The van der Waals surface area contributed by atoms with Gasteiger partial charge in [0.2, 0.25) is 0 Å². The number of benzene rings is 1. The first-order valence-electron chi connectivity index (χ1n) is 5.01. The molecule has 3 rings (SSSR count). The Labute approximate surface area is 111 Å². The van der Waals surface area contributed by atoms with Crippen LogP contribution >= 0.6 is 27.5 Å². The van der Waals surface area contributed by atoms with Crippen LogP contribution in [0.1, 0.15) is 0 Å². The molecule has 0 bridgehead atoms. The van der Waals surface area contributed by atoms with E-state index in [2.05, 4.69) is 26.0 Å². The van der Waals surface area contributed by atoms with Gasteiger partial charge in [0.15, 0.2) is 10.8 Å². The number of imidazole rings is 1. The van der Waals surface area contributed by atoms with Crippen molar-refractivity contribution in [2.45, 2.75) is 0 Å². The van der Waals surface area contributed by atoms with Crippen molar-refractivity contribution in [1.82, 2.24) is 14.6 Å². The predicted octanol–water partition coefficient (Wildman–Crippen LogP) is 3.81. The SMILES string of the molecule is Clc1nn2c(Br)cnc2cc1-c1ccccc1. The van der Waals surface area contributed by atoms with Crippen molar-refractivity contribution < 1.29 is 0 Å². The van der Waals surface area contributed by atoms with Gasteiger partial charge in [0, 0.05) is 5.56 Å². The van der Waals surface area contributed by atoms with E-state index in [1.54, 1.807) is 10.7 Å². The van der Waals surface area contributed by atoms with E-state index in [9.17, 15) is 0 Å². The zero-order valence-electron chi connectivity index (χ0n) is 8.64. The Morgan fingerprint density at radius 2 is 1.94 bits per heavy atom. The van der Waals surface area contributed by atoms with Gasteiger partial charge in [0.25, 0.3) is 0 Å². The monoisotopic (exact) mass is 307 g/mol. The molecule has 0 atom stereocenters. The van der Waals surface area contributed by atoms with Crippen LogP contribution in [0.2, 0.25) is 5.15 Å². The minimum absolute atomic E-state index is 0.461. The van der Waals surface area contributed by atoms with Crippen molar-refractivity contribution >= 4 is 33.2 Å². The van der Waals surface area contributed by atoms with E-state index in [1.807, 2.05) is 36.4 Å². The van der Waals surface area contributed by atoms with E-state index in [0.717, 1.165) is 21.4 Å². The predicted molar refractivity (Wildman–Crippen MR) is 71.1 cm³/mol. The molecule has 1 aromatic carbocycles. The number of halogens is 2. The van der Waals surface area contributed by atoms with E-state index in [0.29, 0.717) is 5.15 Å². The van der Waals surface area contributed by atoms with Gasteiger partial charge >= 0.3 is 0 Å². The lowest BCUT2D eigenvalue weighted by Gasteiger charge is -2.04. The third-order valence-corrected chi connectivity index (χ3v) is 3.31. The zero-order valence-corrected chi connectivity index (χ0v) is 11.0. The van der Waals surface area contributed by atoms with Gasteiger partial charge in [-0.25, -0.2) is 9.50 Å². The van der Waals surface area contributed by atoms with Crippen LogP contribution in [0.25, 0.3) is 16.8 Å². The molecule has 0 aliphatic heterocycles. The fourth-order valence-electron chi connectivity index (χ4n) is 1.69. The molecule has 0 aliphatic rings. The van der Waals surface area contributed by atoms with E-state index in [-0.39, 0.29) is 0 Å². The zero-order chi connectivity index (χ0) is 11.8. The molecule has 2 aromatic heterocycles. The van der Waals surface area contributed by atoms with E-state index in [1.165, 1.54) is 0 Å². The summed E-state index contributed by atoms with van der Waals surface area (Å²) in [5.74, 6) is 0. The first-order valence-corrected chi connectivity index (χ1v) is 6.18. The van der Waals surface area contributed by atoms with Crippen molar-refractivity contribution in [3.8, 4) is 11.1 Å². The second-order valence-corrected chi connectivity index (χ2v) is 4.74. The number of hydrogen-bond donors (Lipinski definition) is 0. The topological polar surface area (TPSA) is 30.2 Å². The third-order valence-electron chi connectivity index (χ3n) is 2.49. The van der Waals surface area contributed by atoms with Crippen molar-refractivity contribution in [2.24, 2.45) is 0 Å². The van der Waals surface area contributed by atoms with E-state index in [4.69, 9.17) is 11.6 Å². The highest BCUT2D eigenvalue weighted by Crippen LogP contribution is 2.27. The van der Waals surface area contributed by atoms with Gasteiger partial charge in [-0.1, -0.05) is 41.9 Å². The largest absolute Gasteiger partial charge is 0.234 e. The normalized spacial score (nSPS) is 10.9. The van der Waals surface area contributed by atoms with E-state index < -0.39 is 0 Å². The lowest BCUT2D eigenvalue weighted by Crippen LogP contribution is -1.94. The molecule has 0 N–H and O–H groups in total. The average Bonchev–Trinajstić information content (AvgIpc) is 2.71. The molecule has 0 amide bonds. The van der Waals surface area contributed by atoms with Crippen LogP contribution in [0, 0.1) is 0 Å². The summed E-state index contributed by atoms with van der Waals surface area (Å²) < 4.78 is 2.45. The molecule has 3 aromatic rings. The van der Waals surface area contributed by atoms with Gasteiger partial charge in [-0.3, -0.25) is 0 Å². The van der Waals surface area contributed by atoms with Crippen molar-refractivity contribution in [1.29, 1.82) is 0 Å². The molecule has 0 unspecified atom stereocenters. The van der Waals surface area contributed by atoms with Crippen LogP contribution < -0.4 is 0 Å². The molecule has 5 heteroatoms. The summed E-state index contributed by atoms with van der Waals surface area (Å²) in [5, 5.41) is 4.74. The fourth-order valence-corrected chi connectivity index (χ4v) is 2.29. The number of fused-ring (bicyclic) bond motifs is 1. The Hall–Kier alpha value is -1.39. The number of hydrogen-bond acceptors (Lipinski definition) is 2. The summed E-state index contributed by atoms with van der Waals surface area (Å²) in [5.41, 5.74) is 2.68. The maximum atomic E-state index is 6.19. The van der Waals surface area contributed by atoms with Gasteiger partial charge in [0.05, 0.1) is 6.20 Å². The molecular formula is C12H7BrClN3. The summed E-state index contributed by atoms with van der Waals surface area (Å²) in [4.78, 5) is 4.24. The van der Waals surface area contributed by atoms with Gasteiger partial charge in [-0.2, -0.15) is 5.10 Å². The summed E-state index contributed by atoms with van der Waals surface area (Å²) in [7, 11) is 0. The molecular weight excluding hydrogens is 302 g/mol. The standard InChI is InChI=1S/C12H7BrClN3/c13-10-7-15-11-6-9(12(14)16-17(10)11)8-4-2-1-3-5-8/h1-7H. The lowest BCUT2D eigenvalue weighted by molar-refractivity contribution is 0.918. The van der Waals surface area contributed by atoms with Crippen LogP contribution in [0.15, 0.2) is 47.2 Å². The average molecular weight is 309 g/mol. The van der Waals surface area contributed by atoms with Crippen LogP contribution in [0.3, 0.4) is 0 Å². The molecule has 0 saturated heterocycles. The summed E-state index contributed by atoms with van der Waals surface area (Å²) in [6.07, 6.45) is 1.70. The smallest absolute Gasteiger partial charge is 0.158 e. The second kappa shape index (κ2) is 4.13. The third kappa shape index (κ3) is 1.83.